The molecule has 9 heteroatoms. The van der Waals surface area contributed by atoms with E-state index in [0.717, 1.165) is 42.4 Å². The molecule has 30 heavy (non-hydrogen) atoms. The number of aliphatic imine (C=N–C) groups is 1. The van der Waals surface area contributed by atoms with Gasteiger partial charge in [0.15, 0.2) is 5.96 Å². The van der Waals surface area contributed by atoms with Crippen molar-refractivity contribution < 1.29 is 9.18 Å². The number of piperazine rings is 1. The van der Waals surface area contributed by atoms with Crippen molar-refractivity contribution in [2.24, 2.45) is 4.99 Å². The highest BCUT2D eigenvalue weighted by atomic mass is 32.1. The maximum absolute atomic E-state index is 13.1. The number of carbonyl (C=O) groups is 1. The van der Waals surface area contributed by atoms with Crippen LogP contribution in [0.15, 0.2) is 34.6 Å². The fourth-order valence-corrected chi connectivity index (χ4v) is 4.01. The molecule has 3 rings (SSSR count). The first-order valence-electron chi connectivity index (χ1n) is 10.2. The molecule has 1 aromatic heterocycles. The minimum absolute atomic E-state index is 0.134. The van der Waals surface area contributed by atoms with E-state index < -0.39 is 0 Å². The third kappa shape index (κ3) is 6.41. The zero-order valence-electron chi connectivity index (χ0n) is 17.5. The van der Waals surface area contributed by atoms with Crippen LogP contribution in [-0.2, 0) is 11.2 Å². The van der Waals surface area contributed by atoms with Crippen LogP contribution in [0.4, 0.5) is 10.1 Å². The molecule has 0 spiro atoms. The second kappa shape index (κ2) is 10.9. The summed E-state index contributed by atoms with van der Waals surface area (Å²) in [6, 6.07) is 6.50. The van der Waals surface area contributed by atoms with Crippen molar-refractivity contribution in [3.63, 3.8) is 0 Å². The van der Waals surface area contributed by atoms with Gasteiger partial charge in [0.25, 0.3) is 0 Å². The number of aromatic nitrogens is 1. The van der Waals surface area contributed by atoms with Gasteiger partial charge in [0.2, 0.25) is 5.91 Å². The van der Waals surface area contributed by atoms with Gasteiger partial charge in [-0.3, -0.25) is 9.79 Å². The maximum Gasteiger partial charge on any atom is 0.224 e. The summed E-state index contributed by atoms with van der Waals surface area (Å²) in [7, 11) is 1.72. The average molecular weight is 433 g/mol. The van der Waals surface area contributed by atoms with E-state index in [0.29, 0.717) is 32.0 Å². The Balaban J connectivity index is 1.33. The van der Waals surface area contributed by atoms with Crippen molar-refractivity contribution in [3.05, 3.63) is 46.2 Å². The van der Waals surface area contributed by atoms with Crippen LogP contribution in [0.5, 0.6) is 0 Å². The number of thiazole rings is 1. The first-order valence-corrected chi connectivity index (χ1v) is 11.1. The summed E-state index contributed by atoms with van der Waals surface area (Å²) in [4.78, 5) is 25.2. The summed E-state index contributed by atoms with van der Waals surface area (Å²) in [5.41, 5.74) is 2.07. The van der Waals surface area contributed by atoms with Gasteiger partial charge >= 0.3 is 0 Å². The third-order valence-electron chi connectivity index (χ3n) is 5.02. The second-order valence-corrected chi connectivity index (χ2v) is 8.19. The Labute approximate surface area is 181 Å². The number of amides is 1. The zero-order valence-corrected chi connectivity index (χ0v) is 18.3. The second-order valence-electron chi connectivity index (χ2n) is 7.13. The lowest BCUT2D eigenvalue weighted by Gasteiger charge is -2.36. The summed E-state index contributed by atoms with van der Waals surface area (Å²) in [5.74, 6) is 0.591. The number of hydrogen-bond donors (Lipinski definition) is 2. The van der Waals surface area contributed by atoms with Crippen LogP contribution in [0, 0.1) is 12.7 Å². The fraction of sp³-hybridized carbons (Fsp3) is 0.476. The van der Waals surface area contributed by atoms with Crippen molar-refractivity contribution >= 4 is 28.9 Å². The van der Waals surface area contributed by atoms with Gasteiger partial charge in [-0.05, 0) is 31.2 Å². The smallest absolute Gasteiger partial charge is 0.224 e. The number of nitrogens with one attached hydrogen (secondary N) is 2. The van der Waals surface area contributed by atoms with Gasteiger partial charge in [-0.2, -0.15) is 0 Å². The number of halogens is 1. The molecular weight excluding hydrogens is 403 g/mol. The number of nitrogens with zero attached hydrogens (tertiary/aromatic N) is 4. The maximum atomic E-state index is 13.1. The minimum Gasteiger partial charge on any atom is -0.368 e. The topological polar surface area (TPSA) is 72.9 Å². The van der Waals surface area contributed by atoms with Gasteiger partial charge in [-0.1, -0.05) is 0 Å². The van der Waals surface area contributed by atoms with Crippen molar-refractivity contribution in [1.82, 2.24) is 20.5 Å². The molecule has 0 radical (unpaired) electrons. The van der Waals surface area contributed by atoms with E-state index in [2.05, 4.69) is 30.9 Å². The molecule has 0 aliphatic carbocycles. The Morgan fingerprint density at radius 2 is 1.87 bits per heavy atom. The average Bonchev–Trinajstić information content (AvgIpc) is 3.18. The molecule has 1 amide bonds. The van der Waals surface area contributed by atoms with E-state index in [1.54, 1.807) is 30.5 Å². The summed E-state index contributed by atoms with van der Waals surface area (Å²) in [6.45, 7) is 6.14. The lowest BCUT2D eigenvalue weighted by atomic mass is 10.2. The van der Waals surface area contributed by atoms with E-state index in [9.17, 15) is 9.18 Å². The molecule has 0 unspecified atom stereocenters. The number of anilines is 1. The van der Waals surface area contributed by atoms with E-state index in [1.807, 2.05) is 11.8 Å². The van der Waals surface area contributed by atoms with Crippen molar-refractivity contribution in [1.29, 1.82) is 0 Å². The Bertz CT molecular complexity index is 845. The summed E-state index contributed by atoms with van der Waals surface area (Å²) >= 11 is 1.65. The fourth-order valence-electron chi connectivity index (χ4n) is 3.36. The van der Waals surface area contributed by atoms with Gasteiger partial charge in [-0.15, -0.1) is 11.3 Å². The normalized spacial score (nSPS) is 14.7. The SMILES string of the molecule is CN=C(NCCC(=O)N1CCN(c2ccc(F)cc2)CC1)NCCc1csc(C)n1. The first-order chi connectivity index (χ1) is 14.5. The van der Waals surface area contributed by atoms with E-state index in [1.165, 1.54) is 12.1 Å². The lowest BCUT2D eigenvalue weighted by Crippen LogP contribution is -2.49. The molecule has 1 fully saturated rings. The van der Waals surface area contributed by atoms with Gasteiger partial charge in [0, 0.05) is 70.2 Å². The first kappa shape index (κ1) is 22.0. The summed E-state index contributed by atoms with van der Waals surface area (Å²) in [5, 5.41) is 9.60. The highest BCUT2D eigenvalue weighted by Crippen LogP contribution is 2.17. The van der Waals surface area contributed by atoms with Gasteiger partial charge in [-0.25, -0.2) is 9.37 Å². The Morgan fingerprint density at radius 1 is 1.17 bits per heavy atom. The molecule has 2 heterocycles. The number of carbonyl (C=O) groups excluding carboxylic acids is 1. The molecule has 0 bridgehead atoms. The van der Waals surface area contributed by atoms with Crippen molar-refractivity contribution in [2.75, 3.05) is 51.2 Å². The number of benzene rings is 1. The number of guanidine groups is 1. The monoisotopic (exact) mass is 432 g/mol. The standard InChI is InChI=1S/C21H29FN6OS/c1-16-26-18(15-30-16)7-9-24-21(23-2)25-10-8-20(29)28-13-11-27(12-14-28)19-5-3-17(22)4-6-19/h3-6,15H,7-14H2,1-2H3,(H2,23,24,25). The molecule has 2 aromatic rings. The molecule has 1 aromatic carbocycles. The number of aryl methyl sites for hydroxylation is 1. The van der Waals surface area contributed by atoms with Crippen LogP contribution >= 0.6 is 11.3 Å². The van der Waals surface area contributed by atoms with E-state index in [4.69, 9.17) is 0 Å². The Morgan fingerprint density at radius 3 is 2.50 bits per heavy atom. The van der Waals surface area contributed by atoms with Gasteiger partial charge in [0.1, 0.15) is 5.82 Å². The third-order valence-corrected chi connectivity index (χ3v) is 5.84. The Kier molecular flexibility index (Phi) is 8.01. The molecule has 7 nitrogen and oxygen atoms in total. The molecule has 1 aliphatic rings. The molecule has 2 N–H and O–H groups in total. The Hall–Kier alpha value is -2.68. The lowest BCUT2D eigenvalue weighted by molar-refractivity contribution is -0.131. The molecule has 162 valence electrons. The quantitative estimate of drug-likeness (QED) is 0.518. The molecular formula is C21H29FN6OS. The molecule has 0 saturated carbocycles. The molecule has 1 aliphatic heterocycles. The molecule has 0 atom stereocenters. The summed E-state index contributed by atoms with van der Waals surface area (Å²) in [6.07, 6.45) is 1.25. The largest absolute Gasteiger partial charge is 0.368 e. The highest BCUT2D eigenvalue weighted by molar-refractivity contribution is 7.09. The van der Waals surface area contributed by atoms with Gasteiger partial charge < -0.3 is 20.4 Å². The molecule has 1 saturated heterocycles. The van der Waals surface area contributed by atoms with Crippen LogP contribution in [0.25, 0.3) is 0 Å². The van der Waals surface area contributed by atoms with Crippen LogP contribution in [0.3, 0.4) is 0 Å². The van der Waals surface area contributed by atoms with Crippen LogP contribution in [0.2, 0.25) is 0 Å². The van der Waals surface area contributed by atoms with Crippen molar-refractivity contribution in [2.45, 2.75) is 19.8 Å². The van der Waals surface area contributed by atoms with Gasteiger partial charge in [0.05, 0.1) is 10.7 Å². The predicted octanol–water partition coefficient (Wildman–Crippen LogP) is 2.04. The number of hydrogen-bond acceptors (Lipinski definition) is 5. The predicted molar refractivity (Wildman–Crippen MR) is 120 cm³/mol. The van der Waals surface area contributed by atoms with Crippen LogP contribution in [0.1, 0.15) is 17.1 Å². The minimum atomic E-state index is -0.234. The zero-order chi connectivity index (χ0) is 21.3. The number of rotatable bonds is 7. The van der Waals surface area contributed by atoms with E-state index in [-0.39, 0.29) is 11.7 Å². The summed E-state index contributed by atoms with van der Waals surface area (Å²) < 4.78 is 13.1. The van der Waals surface area contributed by atoms with E-state index >= 15 is 0 Å². The van der Waals surface area contributed by atoms with Crippen LogP contribution < -0.4 is 15.5 Å². The van der Waals surface area contributed by atoms with Crippen LogP contribution in [-0.4, -0.2) is 68.1 Å². The highest BCUT2D eigenvalue weighted by Gasteiger charge is 2.21. The van der Waals surface area contributed by atoms with Crippen molar-refractivity contribution in [3.8, 4) is 0 Å².